The van der Waals surface area contributed by atoms with Gasteiger partial charge in [0.2, 0.25) is 5.91 Å². The highest BCUT2D eigenvalue weighted by Gasteiger charge is 2.39. The summed E-state index contributed by atoms with van der Waals surface area (Å²) >= 11 is 1.14. The number of carbonyl (C=O) groups excluding carboxylic acids is 1. The second kappa shape index (κ2) is 10.3. The van der Waals surface area contributed by atoms with Crippen LogP contribution < -0.4 is 5.32 Å². The molecule has 0 radical (unpaired) electrons. The van der Waals surface area contributed by atoms with E-state index in [0.717, 1.165) is 11.3 Å². The molecule has 4 rings (SSSR count). The number of aliphatic hydroxyl groups excluding tert-OH is 2. The van der Waals surface area contributed by atoms with Crippen LogP contribution in [0, 0.1) is 5.92 Å². The number of nitrogens with zero attached hydrogens (tertiary/aromatic N) is 1. The highest BCUT2D eigenvalue weighted by atomic mass is 32.2. The molecule has 3 N–H and O–H groups in total. The Morgan fingerprint density at radius 1 is 1.12 bits per heavy atom. The Balaban J connectivity index is 1.54. The largest absolute Gasteiger partial charge is 0.396 e. The van der Waals surface area contributed by atoms with E-state index < -0.39 is 39.9 Å². The van der Waals surface area contributed by atoms with E-state index in [2.05, 4.69) is 10.3 Å². The first kappa shape index (κ1) is 25.2. The summed E-state index contributed by atoms with van der Waals surface area (Å²) in [5.74, 6) is -2.05. The molecule has 2 aliphatic carbocycles. The number of sulfone groups is 1. The fraction of sp³-hybridized carbons (Fsp3) is 0.565. The van der Waals surface area contributed by atoms with Gasteiger partial charge in [-0.25, -0.2) is 22.2 Å². The van der Waals surface area contributed by atoms with Crippen molar-refractivity contribution < 1.29 is 32.2 Å². The SMILES string of the molecule is O=C(Nc1nc(C(CO)CO)cs1)[C@H](CC1C[C@@H](F)[C@@H](F)C1)c1ccc(S(=O)(=O)C2CC2)cc1. The van der Waals surface area contributed by atoms with Crippen molar-refractivity contribution in [1.29, 1.82) is 0 Å². The second-order valence-corrected chi connectivity index (χ2v) is 12.2. The smallest absolute Gasteiger partial charge is 0.233 e. The Hall–Kier alpha value is -1.95. The van der Waals surface area contributed by atoms with E-state index in [9.17, 15) is 32.2 Å². The Kier molecular flexibility index (Phi) is 7.66. The third-order valence-corrected chi connectivity index (χ3v) is 9.63. The molecule has 2 saturated carbocycles. The first-order valence-corrected chi connectivity index (χ1v) is 13.8. The molecule has 0 bridgehead atoms. The Morgan fingerprint density at radius 3 is 2.29 bits per heavy atom. The first-order chi connectivity index (χ1) is 16.2. The van der Waals surface area contributed by atoms with E-state index in [1.807, 2.05) is 0 Å². The molecule has 7 nitrogen and oxygen atoms in total. The third kappa shape index (κ3) is 5.48. The maximum absolute atomic E-state index is 13.8. The number of halogens is 2. The summed E-state index contributed by atoms with van der Waals surface area (Å²) in [5, 5.41) is 23.0. The lowest BCUT2D eigenvalue weighted by Gasteiger charge is -2.20. The number of rotatable bonds is 10. The van der Waals surface area contributed by atoms with Gasteiger partial charge in [0.25, 0.3) is 0 Å². The standard InChI is InChI=1S/C23H28F2N2O5S2/c24-19-8-13(9-20(19)25)7-18(14-1-3-16(4-2-14)34(31,32)17-5-6-17)22(30)27-23-26-21(12-33-23)15(10-28)11-29/h1-4,12-13,15,17-20,28-29H,5-11H2,(H,26,27,30)/t13?,18-,19-,20+/m1/s1. The maximum atomic E-state index is 13.8. The minimum atomic E-state index is -3.37. The van der Waals surface area contributed by atoms with Gasteiger partial charge < -0.3 is 15.5 Å². The summed E-state index contributed by atoms with van der Waals surface area (Å²) < 4.78 is 52.6. The predicted molar refractivity (Wildman–Crippen MR) is 124 cm³/mol. The fourth-order valence-corrected chi connectivity index (χ4v) is 6.83. The lowest BCUT2D eigenvalue weighted by atomic mass is 9.87. The summed E-state index contributed by atoms with van der Waals surface area (Å²) in [4.78, 5) is 17.7. The quantitative estimate of drug-likeness (QED) is 0.448. The summed E-state index contributed by atoms with van der Waals surface area (Å²) in [7, 11) is -3.37. The van der Waals surface area contributed by atoms with E-state index in [4.69, 9.17) is 0 Å². The molecule has 1 heterocycles. The van der Waals surface area contributed by atoms with Crippen LogP contribution in [0.4, 0.5) is 13.9 Å². The van der Waals surface area contributed by atoms with Crippen molar-refractivity contribution in [3.63, 3.8) is 0 Å². The summed E-state index contributed by atoms with van der Waals surface area (Å²) in [6.45, 7) is -0.578. The number of hydrogen-bond donors (Lipinski definition) is 3. The van der Waals surface area contributed by atoms with Crippen LogP contribution in [-0.2, 0) is 14.6 Å². The van der Waals surface area contributed by atoms with Crippen LogP contribution in [0.1, 0.15) is 55.2 Å². The number of aliphatic hydroxyl groups is 2. The van der Waals surface area contributed by atoms with E-state index in [1.165, 1.54) is 12.1 Å². The van der Waals surface area contributed by atoms with Gasteiger partial charge in [0.15, 0.2) is 15.0 Å². The van der Waals surface area contributed by atoms with Crippen LogP contribution in [0.2, 0.25) is 0 Å². The van der Waals surface area contributed by atoms with Crippen LogP contribution in [0.25, 0.3) is 0 Å². The Morgan fingerprint density at radius 2 is 1.74 bits per heavy atom. The molecule has 0 saturated heterocycles. The van der Waals surface area contributed by atoms with Crippen LogP contribution in [0.15, 0.2) is 34.5 Å². The molecule has 0 aliphatic heterocycles. The number of hydrogen-bond acceptors (Lipinski definition) is 7. The van der Waals surface area contributed by atoms with Crippen LogP contribution in [-0.4, -0.2) is 60.3 Å². The molecule has 1 amide bonds. The molecule has 1 aromatic heterocycles. The van der Waals surface area contributed by atoms with Crippen molar-refractivity contribution in [2.45, 2.75) is 66.4 Å². The number of nitrogens with one attached hydrogen (secondary N) is 1. The topological polar surface area (TPSA) is 117 Å². The molecule has 34 heavy (non-hydrogen) atoms. The van der Waals surface area contributed by atoms with Crippen molar-refractivity contribution in [3.8, 4) is 0 Å². The van der Waals surface area contributed by atoms with Gasteiger partial charge in [-0.1, -0.05) is 12.1 Å². The molecule has 11 heteroatoms. The number of carbonyl (C=O) groups is 1. The predicted octanol–water partition coefficient (Wildman–Crippen LogP) is 3.35. The lowest BCUT2D eigenvalue weighted by Crippen LogP contribution is -2.23. The summed E-state index contributed by atoms with van der Waals surface area (Å²) in [5.41, 5.74) is 1.01. The number of amides is 1. The molecule has 2 fully saturated rings. The minimum absolute atomic E-state index is 0.0369. The molecular formula is C23H28F2N2O5S2. The monoisotopic (exact) mass is 514 g/mol. The molecule has 2 aromatic rings. The van der Waals surface area contributed by atoms with Crippen molar-refractivity contribution in [3.05, 3.63) is 40.9 Å². The summed E-state index contributed by atoms with van der Waals surface area (Å²) in [6.07, 6.45) is -1.51. The Labute approximate surface area is 201 Å². The highest BCUT2D eigenvalue weighted by Crippen LogP contribution is 2.39. The average molecular weight is 515 g/mol. The zero-order valence-electron chi connectivity index (χ0n) is 18.4. The lowest BCUT2D eigenvalue weighted by molar-refractivity contribution is -0.118. The van der Waals surface area contributed by atoms with E-state index >= 15 is 0 Å². The number of thiazole rings is 1. The van der Waals surface area contributed by atoms with Gasteiger partial charge in [-0.2, -0.15) is 0 Å². The molecule has 1 aromatic carbocycles. The van der Waals surface area contributed by atoms with Crippen LogP contribution in [0.5, 0.6) is 0 Å². The van der Waals surface area contributed by atoms with Gasteiger partial charge in [0.1, 0.15) is 12.3 Å². The second-order valence-electron chi connectivity index (χ2n) is 9.10. The first-order valence-electron chi connectivity index (χ1n) is 11.3. The molecule has 1 unspecified atom stereocenters. The molecule has 0 spiro atoms. The van der Waals surface area contributed by atoms with Gasteiger partial charge in [-0.05, 0) is 55.7 Å². The highest BCUT2D eigenvalue weighted by molar-refractivity contribution is 7.92. The minimum Gasteiger partial charge on any atom is -0.396 e. The number of alkyl halides is 2. The van der Waals surface area contributed by atoms with Crippen LogP contribution >= 0.6 is 11.3 Å². The summed E-state index contributed by atoms with van der Waals surface area (Å²) in [6, 6.07) is 6.16. The number of aromatic nitrogens is 1. The van der Waals surface area contributed by atoms with E-state index in [-0.39, 0.29) is 53.7 Å². The van der Waals surface area contributed by atoms with Crippen molar-refractivity contribution in [2.75, 3.05) is 18.5 Å². The molecule has 186 valence electrons. The van der Waals surface area contributed by atoms with E-state index in [0.29, 0.717) is 24.1 Å². The van der Waals surface area contributed by atoms with Gasteiger partial charge in [0.05, 0.1) is 35.0 Å². The fourth-order valence-electron chi connectivity index (χ4n) is 4.38. The van der Waals surface area contributed by atoms with E-state index in [1.54, 1.807) is 17.5 Å². The number of anilines is 1. The van der Waals surface area contributed by atoms with Gasteiger partial charge in [-0.15, -0.1) is 11.3 Å². The third-order valence-electron chi connectivity index (χ3n) is 6.58. The van der Waals surface area contributed by atoms with Gasteiger partial charge >= 0.3 is 0 Å². The Bertz CT molecular complexity index is 1090. The van der Waals surface area contributed by atoms with Crippen molar-refractivity contribution >= 4 is 32.2 Å². The molecular weight excluding hydrogens is 486 g/mol. The number of benzene rings is 1. The normalized spacial score (nSPS) is 23.9. The zero-order valence-corrected chi connectivity index (χ0v) is 20.1. The van der Waals surface area contributed by atoms with Crippen molar-refractivity contribution in [1.82, 2.24) is 4.98 Å². The molecule has 4 atom stereocenters. The van der Waals surface area contributed by atoms with Gasteiger partial charge in [-0.3, -0.25) is 4.79 Å². The van der Waals surface area contributed by atoms with Crippen molar-refractivity contribution in [2.24, 2.45) is 5.92 Å². The zero-order chi connectivity index (χ0) is 24.5. The van der Waals surface area contributed by atoms with Gasteiger partial charge in [0, 0.05) is 11.3 Å². The molecule has 2 aliphatic rings. The maximum Gasteiger partial charge on any atom is 0.233 e. The van der Waals surface area contributed by atoms with Crippen LogP contribution in [0.3, 0.4) is 0 Å². The average Bonchev–Trinajstić information content (AvgIpc) is 3.51.